The number of methoxy groups -OCH3 is 1. The van der Waals surface area contributed by atoms with Gasteiger partial charge in [-0.1, -0.05) is 58.8 Å². The molecule has 0 radical (unpaired) electrons. The molecular formula is C47H46N6O6. The van der Waals surface area contributed by atoms with Crippen LogP contribution in [0.5, 0.6) is 5.75 Å². The van der Waals surface area contributed by atoms with E-state index in [0.717, 1.165) is 81.9 Å². The number of aromatic carboxylic acids is 1. The topological polar surface area (TPSA) is 157 Å². The highest BCUT2D eigenvalue weighted by molar-refractivity contribution is 6.04. The Morgan fingerprint density at radius 3 is 1.61 bits per heavy atom. The number of hydrogen-bond donors (Lipinski definition) is 2. The van der Waals surface area contributed by atoms with E-state index in [1.54, 1.807) is 33.1 Å². The first-order valence-electron chi connectivity index (χ1n) is 19.4. The van der Waals surface area contributed by atoms with Crippen LogP contribution in [0.25, 0.3) is 45.0 Å². The quantitative estimate of drug-likeness (QED) is 0.143. The molecule has 300 valence electrons. The second kappa shape index (κ2) is 17.7. The number of nitrogens with zero attached hydrogens (tertiary/aromatic N) is 5. The highest BCUT2D eigenvalue weighted by atomic mass is 16.5. The zero-order valence-corrected chi connectivity index (χ0v) is 33.9. The first-order chi connectivity index (χ1) is 28.4. The third kappa shape index (κ3) is 9.45. The Kier molecular flexibility index (Phi) is 12.1. The molecule has 3 heterocycles. The fourth-order valence-electron chi connectivity index (χ4n) is 7.33. The van der Waals surface area contributed by atoms with Crippen LogP contribution in [0.2, 0.25) is 0 Å². The number of piperidine rings is 1. The number of aromatic nitrogens is 4. The third-order valence-corrected chi connectivity index (χ3v) is 10.6. The molecule has 5 aromatic carbocycles. The van der Waals surface area contributed by atoms with Crippen LogP contribution in [0.15, 0.2) is 112 Å². The van der Waals surface area contributed by atoms with Gasteiger partial charge in [-0.15, -0.1) is 0 Å². The zero-order valence-electron chi connectivity index (χ0n) is 33.9. The summed E-state index contributed by atoms with van der Waals surface area (Å²) in [6.45, 7) is 9.71. The smallest absolute Gasteiger partial charge is 0.335 e. The van der Waals surface area contributed by atoms with Crippen molar-refractivity contribution < 1.29 is 28.5 Å². The average molecular weight is 791 g/mol. The highest BCUT2D eigenvalue weighted by Gasteiger charge is 2.22. The van der Waals surface area contributed by atoms with Crippen molar-refractivity contribution in [1.29, 1.82) is 0 Å². The fourth-order valence-corrected chi connectivity index (χ4v) is 7.33. The van der Waals surface area contributed by atoms with Gasteiger partial charge < -0.3 is 29.1 Å². The molecule has 7 aromatic rings. The zero-order chi connectivity index (χ0) is 41.6. The Hall–Kier alpha value is -6.92. The summed E-state index contributed by atoms with van der Waals surface area (Å²) in [5.41, 5.74) is 10.9. The first kappa shape index (κ1) is 40.3. The molecule has 2 N–H and O–H groups in total. The van der Waals surface area contributed by atoms with Crippen LogP contribution < -0.4 is 10.1 Å². The number of likely N-dealkylation sites (tertiary alicyclic amines) is 1. The molecule has 0 atom stereocenters. The van der Waals surface area contributed by atoms with Crippen LogP contribution in [-0.4, -0.2) is 69.4 Å². The first-order valence-corrected chi connectivity index (χ1v) is 19.4. The van der Waals surface area contributed by atoms with Gasteiger partial charge in [0.25, 0.3) is 5.91 Å². The van der Waals surface area contributed by atoms with Gasteiger partial charge in [0.1, 0.15) is 5.75 Å². The Labute approximate surface area is 342 Å². The van der Waals surface area contributed by atoms with Crippen LogP contribution >= 0.6 is 0 Å². The van der Waals surface area contributed by atoms with Gasteiger partial charge in [-0.05, 0) is 146 Å². The van der Waals surface area contributed by atoms with Crippen molar-refractivity contribution in [1.82, 2.24) is 25.2 Å². The molecule has 2 aromatic heterocycles. The molecule has 1 amide bonds. The maximum Gasteiger partial charge on any atom is 0.335 e. The number of anilines is 1. The maximum absolute atomic E-state index is 13.0. The van der Waals surface area contributed by atoms with Gasteiger partial charge in [0.2, 0.25) is 23.4 Å². The number of nitrogens with one attached hydrogen (secondary N) is 1. The normalized spacial score (nSPS) is 13.1. The predicted octanol–water partition coefficient (Wildman–Crippen LogP) is 9.81. The number of carboxylic acids is 1. The minimum Gasteiger partial charge on any atom is -0.496 e. The van der Waals surface area contributed by atoms with E-state index in [2.05, 4.69) is 50.5 Å². The number of aryl methyl sites for hydroxylation is 4. The number of carboxylic acid groups (broad SMARTS) is 1. The van der Waals surface area contributed by atoms with Crippen molar-refractivity contribution >= 4 is 17.6 Å². The standard InChI is InChI=1S/C30H32N4O3.C17H14N2O3/c1-19-17-24(29-31-20(2)37-33-29)9-11-26(19)21-5-7-23(8-6-21)30(35)32-25-10-12-28(36-4)27(18-25)22-13-15-34(3)16-14-22;1-10-9-14(16-18-11(2)22-19-16)7-8-15(10)12-3-5-13(6-4-12)17(20)21/h5-12,17-18,22H,13-16H2,1-4H3,(H,32,35);3-9H,1-2H3,(H,20,21). The van der Waals surface area contributed by atoms with Crippen LogP contribution in [0.4, 0.5) is 5.69 Å². The van der Waals surface area contributed by atoms with E-state index in [0.29, 0.717) is 34.9 Å². The van der Waals surface area contributed by atoms with Crippen LogP contribution in [0.1, 0.15) is 67.9 Å². The average Bonchev–Trinajstić information content (AvgIpc) is 3.89. The molecular weight excluding hydrogens is 745 g/mol. The van der Waals surface area contributed by atoms with Gasteiger partial charge in [-0.2, -0.15) is 9.97 Å². The lowest BCUT2D eigenvalue weighted by Crippen LogP contribution is -2.29. The summed E-state index contributed by atoms with van der Waals surface area (Å²) in [5, 5.41) is 19.9. The van der Waals surface area contributed by atoms with E-state index in [4.69, 9.17) is 18.9 Å². The van der Waals surface area contributed by atoms with E-state index in [-0.39, 0.29) is 11.5 Å². The summed E-state index contributed by atoms with van der Waals surface area (Å²) >= 11 is 0. The number of rotatable bonds is 9. The monoisotopic (exact) mass is 790 g/mol. The molecule has 12 heteroatoms. The van der Waals surface area contributed by atoms with Gasteiger partial charge in [0.15, 0.2) is 0 Å². The molecule has 59 heavy (non-hydrogen) atoms. The van der Waals surface area contributed by atoms with Crippen molar-refractivity contribution in [3.05, 3.63) is 143 Å². The number of amides is 1. The lowest BCUT2D eigenvalue weighted by molar-refractivity contribution is 0.0696. The van der Waals surface area contributed by atoms with Crippen LogP contribution in [0, 0.1) is 27.7 Å². The molecule has 1 aliphatic rings. The number of carbonyl (C=O) groups is 2. The minimum atomic E-state index is -0.925. The summed E-state index contributed by atoms with van der Waals surface area (Å²) in [4.78, 5) is 34.8. The largest absolute Gasteiger partial charge is 0.496 e. The van der Waals surface area contributed by atoms with Gasteiger partial charge in [0, 0.05) is 36.2 Å². The van der Waals surface area contributed by atoms with E-state index in [1.165, 1.54) is 5.56 Å². The van der Waals surface area contributed by atoms with Gasteiger partial charge in [-0.25, -0.2) is 4.79 Å². The van der Waals surface area contributed by atoms with E-state index >= 15 is 0 Å². The van der Waals surface area contributed by atoms with Crippen LogP contribution in [0.3, 0.4) is 0 Å². The molecule has 8 rings (SSSR count). The van der Waals surface area contributed by atoms with Crippen molar-refractivity contribution in [3.63, 3.8) is 0 Å². The number of carbonyl (C=O) groups excluding carboxylic acids is 1. The summed E-state index contributed by atoms with van der Waals surface area (Å²) in [7, 11) is 3.86. The van der Waals surface area contributed by atoms with Crippen molar-refractivity contribution in [2.24, 2.45) is 0 Å². The van der Waals surface area contributed by atoms with Crippen molar-refractivity contribution in [2.45, 2.75) is 46.5 Å². The SMILES string of the molecule is COc1ccc(NC(=O)c2ccc(-c3ccc(-c4noc(C)n4)cc3C)cc2)cc1C1CCN(C)CC1.Cc1nc(-c2ccc(-c3ccc(C(=O)O)cc3)c(C)c2)no1. The Morgan fingerprint density at radius 1 is 0.678 bits per heavy atom. The van der Waals surface area contributed by atoms with Crippen molar-refractivity contribution in [3.8, 4) is 50.8 Å². The molecule has 0 unspecified atom stereocenters. The highest BCUT2D eigenvalue weighted by Crippen LogP contribution is 2.36. The van der Waals surface area contributed by atoms with Crippen molar-refractivity contribution in [2.75, 3.05) is 32.6 Å². The fraction of sp³-hybridized carbons (Fsp3) is 0.234. The van der Waals surface area contributed by atoms with E-state index in [9.17, 15) is 9.59 Å². The van der Waals surface area contributed by atoms with E-state index in [1.807, 2.05) is 91.9 Å². The van der Waals surface area contributed by atoms with Gasteiger partial charge in [0.05, 0.1) is 12.7 Å². The molecule has 12 nitrogen and oxygen atoms in total. The lowest BCUT2D eigenvalue weighted by Gasteiger charge is -2.30. The van der Waals surface area contributed by atoms with E-state index < -0.39 is 5.97 Å². The summed E-state index contributed by atoms with van der Waals surface area (Å²) < 4.78 is 15.7. The Balaban J connectivity index is 0.000000204. The molecule has 1 aliphatic heterocycles. The predicted molar refractivity (Wildman–Crippen MR) is 227 cm³/mol. The van der Waals surface area contributed by atoms with Gasteiger partial charge >= 0.3 is 5.97 Å². The maximum atomic E-state index is 13.0. The summed E-state index contributed by atoms with van der Waals surface area (Å²) in [5.74, 6) is 2.47. The number of hydrogen-bond acceptors (Lipinski definition) is 10. The molecule has 1 saturated heterocycles. The molecule has 0 aliphatic carbocycles. The molecule has 1 fully saturated rings. The Bertz CT molecular complexity index is 2590. The van der Waals surface area contributed by atoms with Gasteiger partial charge in [-0.3, -0.25) is 4.79 Å². The second-order valence-corrected chi connectivity index (χ2v) is 14.8. The number of benzene rings is 5. The Morgan fingerprint density at radius 2 is 1.17 bits per heavy atom. The molecule has 0 saturated carbocycles. The molecule has 0 spiro atoms. The summed E-state index contributed by atoms with van der Waals surface area (Å²) in [6, 6.07) is 32.4. The second-order valence-electron chi connectivity index (χ2n) is 14.8. The lowest BCUT2D eigenvalue weighted by atomic mass is 9.88. The number of ether oxygens (including phenoxy) is 1. The third-order valence-electron chi connectivity index (χ3n) is 10.6. The molecule has 0 bridgehead atoms. The van der Waals surface area contributed by atoms with Crippen LogP contribution in [-0.2, 0) is 0 Å². The minimum absolute atomic E-state index is 0.134. The summed E-state index contributed by atoms with van der Waals surface area (Å²) in [6.07, 6.45) is 2.17.